The summed E-state index contributed by atoms with van der Waals surface area (Å²) >= 11 is 0. The summed E-state index contributed by atoms with van der Waals surface area (Å²) < 4.78 is 32.6. The number of benzene rings is 4. The number of para-hydroxylation sites is 3. The lowest BCUT2D eigenvalue weighted by molar-refractivity contribution is 0.584. The summed E-state index contributed by atoms with van der Waals surface area (Å²) in [5.41, 5.74) is 5.75. The average Bonchev–Trinajstić information content (AvgIpc) is 3.25. The van der Waals surface area contributed by atoms with Gasteiger partial charge in [0.1, 0.15) is 0 Å². The first-order valence-electron chi connectivity index (χ1n) is 13.7. The Morgan fingerprint density at radius 1 is 0.780 bits per heavy atom. The first kappa shape index (κ1) is 26.8. The van der Waals surface area contributed by atoms with Crippen LogP contribution >= 0.6 is 0 Å². The van der Waals surface area contributed by atoms with E-state index in [4.69, 9.17) is 9.97 Å². The van der Waals surface area contributed by atoms with E-state index in [0.717, 1.165) is 34.1 Å². The number of hydrogen-bond acceptors (Lipinski definition) is 5. The predicted molar refractivity (Wildman–Crippen MR) is 169 cm³/mol. The highest BCUT2D eigenvalue weighted by Crippen LogP contribution is 2.34. The number of hydrogen-bond donors (Lipinski definition) is 2. The van der Waals surface area contributed by atoms with Gasteiger partial charge in [-0.05, 0) is 72.9 Å². The fourth-order valence-electron chi connectivity index (χ4n) is 5.31. The monoisotopic (exact) mass is 563 g/mol. The molecular formula is C33H33N5O2S. The van der Waals surface area contributed by atoms with E-state index in [9.17, 15) is 8.42 Å². The number of nitrogens with zero attached hydrogens (tertiary/aromatic N) is 3. The average molecular weight is 564 g/mol. The topological polar surface area (TPSA) is 88.9 Å². The molecule has 8 heteroatoms. The van der Waals surface area contributed by atoms with Crippen LogP contribution in [0.15, 0.2) is 89.8 Å². The van der Waals surface area contributed by atoms with Crippen LogP contribution in [0.5, 0.6) is 0 Å². The number of aryl methyl sites for hydroxylation is 2. The van der Waals surface area contributed by atoms with Gasteiger partial charge in [-0.15, -0.1) is 0 Å². The van der Waals surface area contributed by atoms with Crippen molar-refractivity contribution in [3.63, 3.8) is 0 Å². The molecule has 2 aromatic heterocycles. The third kappa shape index (κ3) is 4.89. The van der Waals surface area contributed by atoms with Crippen molar-refractivity contribution in [2.75, 3.05) is 10.0 Å². The highest BCUT2D eigenvalue weighted by molar-refractivity contribution is 7.92. The molecule has 0 saturated heterocycles. The molecule has 0 atom stereocenters. The van der Waals surface area contributed by atoms with Crippen molar-refractivity contribution in [3.8, 4) is 0 Å². The summed E-state index contributed by atoms with van der Waals surface area (Å²) in [6, 6.07) is 27.5. The quantitative estimate of drug-likeness (QED) is 0.215. The van der Waals surface area contributed by atoms with Gasteiger partial charge >= 0.3 is 0 Å². The minimum absolute atomic E-state index is 0.139. The van der Waals surface area contributed by atoms with Crippen LogP contribution in [0.1, 0.15) is 38.8 Å². The van der Waals surface area contributed by atoms with Crippen LogP contribution in [0.25, 0.3) is 32.8 Å². The van der Waals surface area contributed by atoms with Crippen molar-refractivity contribution in [2.24, 2.45) is 0 Å². The van der Waals surface area contributed by atoms with Crippen LogP contribution < -0.4 is 10.0 Å². The third-order valence-corrected chi connectivity index (χ3v) is 8.98. The van der Waals surface area contributed by atoms with Crippen LogP contribution in [-0.4, -0.2) is 23.0 Å². The highest BCUT2D eigenvalue weighted by Gasteiger charge is 2.24. The minimum atomic E-state index is -3.97. The second kappa shape index (κ2) is 9.89. The molecule has 0 aliphatic carbocycles. The Morgan fingerprint density at radius 2 is 1.44 bits per heavy atom. The molecule has 0 amide bonds. The zero-order valence-corrected chi connectivity index (χ0v) is 24.7. The van der Waals surface area contributed by atoms with Crippen LogP contribution in [-0.2, 0) is 22.0 Å². The maximum Gasteiger partial charge on any atom is 0.263 e. The molecule has 0 radical (unpaired) electrons. The fraction of sp³-hybridized carbons (Fsp3) is 0.212. The lowest BCUT2D eigenvalue weighted by Gasteiger charge is -2.21. The largest absolute Gasteiger partial charge is 0.341 e. The molecule has 0 bridgehead atoms. The maximum absolute atomic E-state index is 13.8. The standard InChI is InChI=1S/C33H33N5O2S/c1-6-38-28-14-10-7-11-24(28)25-20-23(17-18-29(25)38)34-31-32(36-27-13-9-8-12-26(27)35-31)37-41(39,40)30-19-22(33(3,4)5)16-15-21(30)2/h7-20H,6H2,1-5H3,(H,34,35)(H,36,37). The van der Waals surface area contributed by atoms with Gasteiger partial charge in [0.2, 0.25) is 0 Å². The van der Waals surface area contributed by atoms with E-state index >= 15 is 0 Å². The molecule has 208 valence electrons. The van der Waals surface area contributed by atoms with Crippen LogP contribution in [0.4, 0.5) is 17.3 Å². The molecule has 2 N–H and O–H groups in total. The van der Waals surface area contributed by atoms with Crippen LogP contribution in [0.3, 0.4) is 0 Å². The summed E-state index contributed by atoms with van der Waals surface area (Å²) in [6.45, 7) is 11.0. The summed E-state index contributed by atoms with van der Waals surface area (Å²) in [5.74, 6) is 0.468. The lowest BCUT2D eigenvalue weighted by atomic mass is 9.87. The lowest BCUT2D eigenvalue weighted by Crippen LogP contribution is -2.19. The zero-order valence-electron chi connectivity index (χ0n) is 23.9. The zero-order chi connectivity index (χ0) is 28.9. The summed E-state index contributed by atoms with van der Waals surface area (Å²) in [5, 5.41) is 5.63. The van der Waals surface area contributed by atoms with Crippen molar-refractivity contribution in [1.82, 2.24) is 14.5 Å². The number of fused-ring (bicyclic) bond motifs is 4. The SMILES string of the molecule is CCn1c2ccccc2c2cc(Nc3nc4ccccc4nc3NS(=O)(=O)c3cc(C(C)(C)C)ccc3C)ccc21. The molecule has 0 spiro atoms. The van der Waals surface area contributed by atoms with Crippen molar-refractivity contribution < 1.29 is 8.42 Å². The van der Waals surface area contributed by atoms with E-state index in [2.05, 4.69) is 72.6 Å². The van der Waals surface area contributed by atoms with E-state index < -0.39 is 10.0 Å². The van der Waals surface area contributed by atoms with Gasteiger partial charge < -0.3 is 9.88 Å². The molecule has 41 heavy (non-hydrogen) atoms. The molecular weight excluding hydrogens is 530 g/mol. The van der Waals surface area contributed by atoms with Gasteiger partial charge in [0.15, 0.2) is 11.6 Å². The molecule has 6 aromatic rings. The van der Waals surface area contributed by atoms with Crippen LogP contribution in [0, 0.1) is 6.92 Å². The Labute approximate surface area is 240 Å². The smallest absolute Gasteiger partial charge is 0.263 e. The van der Waals surface area contributed by atoms with Gasteiger partial charge in [0, 0.05) is 34.0 Å². The Balaban J connectivity index is 1.45. The summed E-state index contributed by atoms with van der Waals surface area (Å²) in [6.07, 6.45) is 0. The van der Waals surface area contributed by atoms with Gasteiger partial charge in [-0.2, -0.15) is 0 Å². The number of nitrogens with one attached hydrogen (secondary N) is 2. The van der Waals surface area contributed by atoms with Crippen molar-refractivity contribution in [3.05, 3.63) is 96.1 Å². The normalized spacial score (nSPS) is 12.3. The van der Waals surface area contributed by atoms with E-state index in [-0.39, 0.29) is 16.1 Å². The molecule has 0 unspecified atom stereocenters. The van der Waals surface area contributed by atoms with E-state index in [1.165, 1.54) is 5.52 Å². The first-order chi connectivity index (χ1) is 19.5. The number of aromatic nitrogens is 3. The van der Waals surface area contributed by atoms with Gasteiger partial charge in [-0.3, -0.25) is 4.72 Å². The Kier molecular flexibility index (Phi) is 6.46. The summed E-state index contributed by atoms with van der Waals surface area (Å²) in [4.78, 5) is 9.70. The maximum atomic E-state index is 13.8. The second-order valence-corrected chi connectivity index (χ2v) is 13.0. The Morgan fingerprint density at radius 3 is 2.15 bits per heavy atom. The first-order valence-corrected chi connectivity index (χ1v) is 15.2. The molecule has 6 rings (SSSR count). The number of anilines is 3. The van der Waals surface area contributed by atoms with Gasteiger partial charge in [-0.25, -0.2) is 18.4 Å². The predicted octanol–water partition coefficient (Wildman–Crippen LogP) is 7.91. The minimum Gasteiger partial charge on any atom is -0.341 e. The van der Waals surface area contributed by atoms with Crippen molar-refractivity contribution in [2.45, 2.75) is 51.5 Å². The third-order valence-electron chi connectivity index (χ3n) is 7.50. The van der Waals surface area contributed by atoms with Crippen molar-refractivity contribution in [1.29, 1.82) is 0 Å². The molecule has 7 nitrogen and oxygen atoms in total. The molecule has 2 heterocycles. The second-order valence-electron chi connectivity index (χ2n) is 11.4. The van der Waals surface area contributed by atoms with Gasteiger partial charge in [-0.1, -0.05) is 63.2 Å². The fourth-order valence-corrected chi connectivity index (χ4v) is 6.59. The van der Waals surface area contributed by atoms with E-state index in [0.29, 0.717) is 22.4 Å². The van der Waals surface area contributed by atoms with Crippen LogP contribution in [0.2, 0.25) is 0 Å². The Bertz CT molecular complexity index is 2060. The van der Waals surface area contributed by atoms with E-state index in [1.54, 1.807) is 13.0 Å². The number of rotatable bonds is 6. The van der Waals surface area contributed by atoms with Crippen molar-refractivity contribution >= 4 is 60.2 Å². The molecule has 0 aliphatic heterocycles. The molecule has 0 fully saturated rings. The number of sulfonamides is 1. The van der Waals surface area contributed by atoms with E-state index in [1.807, 2.05) is 48.5 Å². The molecule has 4 aromatic carbocycles. The summed E-state index contributed by atoms with van der Waals surface area (Å²) in [7, 11) is -3.97. The van der Waals surface area contributed by atoms with Gasteiger partial charge in [0.05, 0.1) is 15.9 Å². The van der Waals surface area contributed by atoms with Gasteiger partial charge in [0.25, 0.3) is 10.0 Å². The molecule has 0 aliphatic rings. The Hall–Kier alpha value is -4.43. The highest BCUT2D eigenvalue weighted by atomic mass is 32.2. The molecule has 0 saturated carbocycles.